The van der Waals surface area contributed by atoms with Crippen LogP contribution in [-0.2, 0) is 6.54 Å². The van der Waals surface area contributed by atoms with Crippen molar-refractivity contribution in [2.45, 2.75) is 25.6 Å². The third kappa shape index (κ3) is 5.00. The van der Waals surface area contributed by atoms with Crippen molar-refractivity contribution >= 4 is 6.03 Å². The number of aliphatic hydroxyl groups is 1. The summed E-state index contributed by atoms with van der Waals surface area (Å²) in [7, 11) is 1.55. The van der Waals surface area contributed by atoms with E-state index in [1.807, 2.05) is 29.8 Å². The zero-order valence-electron chi connectivity index (χ0n) is 13.3. The number of amides is 2. The molecule has 0 aliphatic carbocycles. The molecule has 0 fully saturated rings. The molecule has 0 saturated heterocycles. The number of carbonyl (C=O) groups excluding carboxylic acids is 1. The van der Waals surface area contributed by atoms with Crippen LogP contribution in [0.15, 0.2) is 43.0 Å². The second kappa shape index (κ2) is 8.19. The lowest BCUT2D eigenvalue weighted by Gasteiger charge is -2.18. The Balaban J connectivity index is 1.79. The van der Waals surface area contributed by atoms with Gasteiger partial charge in [0.15, 0.2) is 0 Å². The number of benzene rings is 1. The van der Waals surface area contributed by atoms with E-state index in [0.717, 1.165) is 0 Å². The van der Waals surface area contributed by atoms with E-state index in [1.165, 1.54) is 0 Å². The van der Waals surface area contributed by atoms with Gasteiger partial charge >= 0.3 is 6.03 Å². The molecule has 2 amide bonds. The molecule has 0 unspecified atom stereocenters. The maximum Gasteiger partial charge on any atom is 0.315 e. The van der Waals surface area contributed by atoms with Gasteiger partial charge in [-0.3, -0.25) is 0 Å². The summed E-state index contributed by atoms with van der Waals surface area (Å²) in [5.41, 5.74) is 0.641. The van der Waals surface area contributed by atoms with Gasteiger partial charge < -0.3 is 25.0 Å². The molecule has 0 aliphatic heterocycles. The van der Waals surface area contributed by atoms with Gasteiger partial charge in [0.25, 0.3) is 0 Å². The summed E-state index contributed by atoms with van der Waals surface area (Å²) in [5, 5.41) is 15.7. The molecule has 2 aromatic rings. The normalized spacial score (nSPS) is 13.2. The minimum Gasteiger partial charge on any atom is -0.496 e. The lowest BCUT2D eigenvalue weighted by molar-refractivity contribution is 0.168. The van der Waals surface area contributed by atoms with Gasteiger partial charge in [-0.25, -0.2) is 9.78 Å². The average molecular weight is 318 g/mol. The monoisotopic (exact) mass is 318 g/mol. The minimum atomic E-state index is -0.833. The van der Waals surface area contributed by atoms with Crippen LogP contribution in [0.3, 0.4) is 0 Å². The van der Waals surface area contributed by atoms with Gasteiger partial charge in [0, 0.05) is 37.1 Å². The summed E-state index contributed by atoms with van der Waals surface area (Å²) >= 11 is 0. The topological polar surface area (TPSA) is 88.4 Å². The highest BCUT2D eigenvalue weighted by molar-refractivity contribution is 5.74. The first kappa shape index (κ1) is 16.8. The van der Waals surface area contributed by atoms with Crippen LogP contribution in [0.5, 0.6) is 5.75 Å². The summed E-state index contributed by atoms with van der Waals surface area (Å²) < 4.78 is 7.08. The number of hydrogen-bond acceptors (Lipinski definition) is 4. The van der Waals surface area contributed by atoms with E-state index in [0.29, 0.717) is 17.9 Å². The number of methoxy groups -OCH3 is 1. The molecule has 1 heterocycles. The Kier molecular flexibility index (Phi) is 5.99. The molecule has 0 bridgehead atoms. The van der Waals surface area contributed by atoms with Crippen molar-refractivity contribution in [2.24, 2.45) is 0 Å². The fraction of sp³-hybridized carbons (Fsp3) is 0.375. The highest BCUT2D eigenvalue weighted by Gasteiger charge is 2.14. The van der Waals surface area contributed by atoms with Crippen LogP contribution in [0.25, 0.3) is 0 Å². The van der Waals surface area contributed by atoms with Crippen molar-refractivity contribution in [3.05, 3.63) is 48.5 Å². The first-order chi connectivity index (χ1) is 11.1. The Morgan fingerprint density at radius 3 is 2.91 bits per heavy atom. The van der Waals surface area contributed by atoms with E-state index >= 15 is 0 Å². The number of para-hydroxylation sites is 1. The molecule has 0 aliphatic rings. The summed E-state index contributed by atoms with van der Waals surface area (Å²) in [6.07, 6.45) is 4.39. The van der Waals surface area contributed by atoms with Crippen molar-refractivity contribution in [1.82, 2.24) is 20.2 Å². The highest BCUT2D eigenvalue weighted by Crippen LogP contribution is 2.23. The Labute approximate surface area is 135 Å². The number of nitrogens with zero attached hydrogens (tertiary/aromatic N) is 2. The van der Waals surface area contributed by atoms with Gasteiger partial charge in [-0.15, -0.1) is 0 Å². The van der Waals surface area contributed by atoms with Crippen LogP contribution >= 0.6 is 0 Å². The fourth-order valence-electron chi connectivity index (χ4n) is 2.27. The molecule has 1 aromatic heterocycles. The molecule has 124 valence electrons. The molecule has 7 heteroatoms. The van der Waals surface area contributed by atoms with Gasteiger partial charge in [-0.2, -0.15) is 0 Å². The van der Waals surface area contributed by atoms with Gasteiger partial charge in [0.1, 0.15) is 5.75 Å². The predicted octanol–water partition coefficient (Wildman–Crippen LogP) is 1.31. The quantitative estimate of drug-likeness (QED) is 0.718. The summed E-state index contributed by atoms with van der Waals surface area (Å²) in [4.78, 5) is 15.8. The van der Waals surface area contributed by atoms with Crippen LogP contribution in [0.2, 0.25) is 0 Å². The van der Waals surface area contributed by atoms with Crippen LogP contribution in [0.4, 0.5) is 4.79 Å². The first-order valence-electron chi connectivity index (χ1n) is 7.41. The maximum absolute atomic E-state index is 11.9. The lowest BCUT2D eigenvalue weighted by atomic mass is 10.1. The highest BCUT2D eigenvalue weighted by atomic mass is 16.5. The fourth-order valence-corrected chi connectivity index (χ4v) is 2.27. The van der Waals surface area contributed by atoms with E-state index in [4.69, 9.17) is 4.74 Å². The van der Waals surface area contributed by atoms with E-state index < -0.39 is 6.10 Å². The Bertz CT molecular complexity index is 616. The van der Waals surface area contributed by atoms with E-state index in [1.54, 1.807) is 31.8 Å². The van der Waals surface area contributed by atoms with Crippen LogP contribution in [0.1, 0.15) is 18.6 Å². The Morgan fingerprint density at radius 2 is 2.22 bits per heavy atom. The molecule has 7 nitrogen and oxygen atoms in total. The number of aliphatic hydroxyl groups excluding tert-OH is 1. The lowest BCUT2D eigenvalue weighted by Crippen LogP contribution is -2.43. The zero-order chi connectivity index (χ0) is 16.7. The van der Waals surface area contributed by atoms with Gasteiger partial charge in [0.2, 0.25) is 0 Å². The number of carbonyl (C=O) groups is 1. The first-order valence-corrected chi connectivity index (χ1v) is 7.41. The van der Waals surface area contributed by atoms with Crippen LogP contribution < -0.4 is 15.4 Å². The SMILES string of the molecule is COc1ccccc1[C@H](O)CNC(=O)N[C@H](C)Cn1ccnc1. The molecule has 2 rings (SSSR count). The number of hydrogen-bond donors (Lipinski definition) is 3. The molecule has 0 saturated carbocycles. The van der Waals surface area contributed by atoms with Crippen molar-refractivity contribution in [2.75, 3.05) is 13.7 Å². The second-order valence-corrected chi connectivity index (χ2v) is 5.27. The molecular formula is C16H22N4O3. The number of nitrogens with one attached hydrogen (secondary N) is 2. The molecule has 0 spiro atoms. The van der Waals surface area contributed by atoms with Crippen LogP contribution in [-0.4, -0.2) is 40.4 Å². The van der Waals surface area contributed by atoms with Crippen molar-refractivity contribution < 1.29 is 14.6 Å². The Hall–Kier alpha value is -2.54. The number of rotatable bonds is 7. The smallest absolute Gasteiger partial charge is 0.315 e. The minimum absolute atomic E-state index is 0.0624. The Morgan fingerprint density at radius 1 is 1.43 bits per heavy atom. The van der Waals surface area contributed by atoms with E-state index in [-0.39, 0.29) is 18.6 Å². The average Bonchev–Trinajstić information content (AvgIpc) is 3.05. The predicted molar refractivity (Wildman–Crippen MR) is 86.2 cm³/mol. The number of ether oxygens (including phenoxy) is 1. The standard InChI is InChI=1S/C16H22N4O3/c1-12(10-20-8-7-17-11-20)19-16(22)18-9-14(21)13-5-3-4-6-15(13)23-2/h3-8,11-12,14,21H,9-10H2,1-2H3,(H2,18,19,22)/t12-,14-/m1/s1. The van der Waals surface area contributed by atoms with Crippen molar-refractivity contribution in [1.29, 1.82) is 0 Å². The summed E-state index contributed by atoms with van der Waals surface area (Å²) in [5.74, 6) is 0.593. The second-order valence-electron chi connectivity index (χ2n) is 5.27. The molecule has 0 radical (unpaired) electrons. The molecule has 2 atom stereocenters. The molecule has 3 N–H and O–H groups in total. The van der Waals surface area contributed by atoms with Gasteiger partial charge in [-0.05, 0) is 13.0 Å². The number of imidazole rings is 1. The third-order valence-electron chi connectivity index (χ3n) is 3.38. The third-order valence-corrected chi connectivity index (χ3v) is 3.38. The van der Waals surface area contributed by atoms with Crippen LogP contribution in [0, 0.1) is 0 Å². The largest absolute Gasteiger partial charge is 0.496 e. The van der Waals surface area contributed by atoms with Crippen molar-refractivity contribution in [3.63, 3.8) is 0 Å². The summed E-state index contributed by atoms with van der Waals surface area (Å²) in [6, 6.07) is 6.79. The van der Waals surface area contributed by atoms with Gasteiger partial charge in [-0.1, -0.05) is 18.2 Å². The molecular weight excluding hydrogens is 296 g/mol. The summed E-state index contributed by atoms with van der Waals surface area (Å²) in [6.45, 7) is 2.63. The van der Waals surface area contributed by atoms with E-state index in [9.17, 15) is 9.90 Å². The van der Waals surface area contributed by atoms with Crippen molar-refractivity contribution in [3.8, 4) is 5.75 Å². The number of aromatic nitrogens is 2. The molecule has 1 aromatic carbocycles. The van der Waals surface area contributed by atoms with E-state index in [2.05, 4.69) is 15.6 Å². The number of urea groups is 1. The van der Waals surface area contributed by atoms with Gasteiger partial charge in [0.05, 0.1) is 19.5 Å². The maximum atomic E-state index is 11.9. The zero-order valence-corrected chi connectivity index (χ0v) is 13.3. The molecule has 23 heavy (non-hydrogen) atoms.